The Kier molecular flexibility index (Phi) is 2.79. The first-order valence-corrected chi connectivity index (χ1v) is 7.11. The Morgan fingerprint density at radius 2 is 2.40 bits per heavy atom. The summed E-state index contributed by atoms with van der Waals surface area (Å²) in [6.45, 7) is 0.400. The van der Waals surface area contributed by atoms with Crippen molar-refractivity contribution in [3.63, 3.8) is 0 Å². The Morgan fingerprint density at radius 3 is 2.93 bits per heavy atom. The van der Waals surface area contributed by atoms with Gasteiger partial charge in [0.2, 0.25) is 11.1 Å². The highest BCUT2D eigenvalue weighted by molar-refractivity contribution is 7.92. The van der Waals surface area contributed by atoms with Crippen molar-refractivity contribution in [1.82, 2.24) is 9.36 Å². The van der Waals surface area contributed by atoms with E-state index < -0.39 is 9.84 Å². The quantitative estimate of drug-likeness (QED) is 0.788. The Balaban J connectivity index is 1.94. The highest BCUT2D eigenvalue weighted by Crippen LogP contribution is 2.21. The van der Waals surface area contributed by atoms with E-state index in [4.69, 9.17) is 5.73 Å². The monoisotopic (exact) mass is 248 g/mol. The fourth-order valence-electron chi connectivity index (χ4n) is 1.60. The molecule has 1 aromatic rings. The molecule has 1 fully saturated rings. The SMILES string of the molecule is Nc1nsc(NCC2CCCS2(=O)=O)n1. The topological polar surface area (TPSA) is 98.0 Å². The van der Waals surface area contributed by atoms with Crippen LogP contribution in [0.2, 0.25) is 0 Å². The first-order valence-electron chi connectivity index (χ1n) is 4.62. The molecular weight excluding hydrogens is 236 g/mol. The Hall–Kier alpha value is -0.890. The molecule has 2 rings (SSSR count). The number of sulfone groups is 1. The van der Waals surface area contributed by atoms with E-state index in [0.29, 0.717) is 17.4 Å². The molecule has 1 unspecified atom stereocenters. The van der Waals surface area contributed by atoms with Gasteiger partial charge in [-0.25, -0.2) is 8.42 Å². The lowest BCUT2D eigenvalue weighted by molar-refractivity contribution is 0.591. The summed E-state index contributed by atoms with van der Waals surface area (Å²) in [5.41, 5.74) is 5.35. The molecule has 15 heavy (non-hydrogen) atoms. The predicted octanol–water partition coefficient (Wildman–Crippen LogP) is 0.109. The van der Waals surface area contributed by atoms with Crippen LogP contribution < -0.4 is 11.1 Å². The van der Waals surface area contributed by atoms with E-state index in [0.717, 1.165) is 24.4 Å². The normalized spacial score (nSPS) is 24.1. The van der Waals surface area contributed by atoms with E-state index in [1.54, 1.807) is 0 Å². The van der Waals surface area contributed by atoms with Crippen LogP contribution in [0.25, 0.3) is 0 Å². The average Bonchev–Trinajstić information content (AvgIpc) is 2.69. The van der Waals surface area contributed by atoms with E-state index in [-0.39, 0.29) is 11.2 Å². The van der Waals surface area contributed by atoms with Crippen LogP contribution in [0.1, 0.15) is 12.8 Å². The van der Waals surface area contributed by atoms with Crippen molar-refractivity contribution in [2.24, 2.45) is 0 Å². The molecule has 0 spiro atoms. The van der Waals surface area contributed by atoms with Gasteiger partial charge in [-0.1, -0.05) is 0 Å². The molecule has 84 valence electrons. The number of rotatable bonds is 3. The Bertz CT molecular complexity index is 442. The van der Waals surface area contributed by atoms with E-state index >= 15 is 0 Å². The van der Waals surface area contributed by atoms with Crippen molar-refractivity contribution < 1.29 is 8.42 Å². The maximum absolute atomic E-state index is 11.5. The molecule has 0 radical (unpaired) electrons. The zero-order chi connectivity index (χ0) is 10.9. The van der Waals surface area contributed by atoms with Gasteiger partial charge in [0.25, 0.3) is 0 Å². The van der Waals surface area contributed by atoms with Crippen LogP contribution in [0.4, 0.5) is 11.1 Å². The summed E-state index contributed by atoms with van der Waals surface area (Å²) in [5, 5.41) is 3.24. The molecule has 1 saturated heterocycles. The molecule has 0 aromatic carbocycles. The minimum atomic E-state index is -2.89. The van der Waals surface area contributed by atoms with E-state index in [9.17, 15) is 8.42 Å². The standard InChI is InChI=1S/C7H12N4O2S2/c8-6-10-7(14-11-6)9-4-5-2-1-3-15(5,12)13/h5H,1-4H2,(H3,8,9,10,11). The number of nitrogens with zero attached hydrogens (tertiary/aromatic N) is 2. The molecule has 0 bridgehead atoms. The zero-order valence-corrected chi connectivity index (χ0v) is 9.64. The molecule has 8 heteroatoms. The minimum absolute atomic E-state index is 0.219. The molecule has 3 N–H and O–H groups in total. The van der Waals surface area contributed by atoms with Crippen LogP contribution in [-0.2, 0) is 9.84 Å². The number of nitrogens with one attached hydrogen (secondary N) is 1. The molecule has 1 aliphatic rings. The summed E-state index contributed by atoms with van der Waals surface area (Å²) < 4.78 is 26.8. The molecule has 0 amide bonds. The van der Waals surface area contributed by atoms with Gasteiger partial charge in [0.15, 0.2) is 9.84 Å². The number of hydrogen-bond donors (Lipinski definition) is 2. The van der Waals surface area contributed by atoms with Gasteiger partial charge in [0.05, 0.1) is 11.0 Å². The van der Waals surface area contributed by atoms with Crippen molar-refractivity contribution in [3.8, 4) is 0 Å². The van der Waals surface area contributed by atoms with Gasteiger partial charge in [-0.05, 0) is 12.8 Å². The van der Waals surface area contributed by atoms with Gasteiger partial charge >= 0.3 is 0 Å². The highest BCUT2D eigenvalue weighted by atomic mass is 32.2. The molecule has 0 saturated carbocycles. The zero-order valence-electron chi connectivity index (χ0n) is 8.01. The second-order valence-electron chi connectivity index (χ2n) is 3.47. The van der Waals surface area contributed by atoms with Crippen LogP contribution in [0, 0.1) is 0 Å². The third kappa shape index (κ3) is 2.37. The summed E-state index contributed by atoms with van der Waals surface area (Å²) >= 11 is 1.14. The molecule has 1 aromatic heterocycles. The fraction of sp³-hybridized carbons (Fsp3) is 0.714. The number of anilines is 2. The maximum Gasteiger partial charge on any atom is 0.233 e. The number of hydrogen-bond acceptors (Lipinski definition) is 7. The number of nitrogens with two attached hydrogens (primary N) is 1. The van der Waals surface area contributed by atoms with Gasteiger partial charge < -0.3 is 11.1 Å². The van der Waals surface area contributed by atoms with E-state index in [2.05, 4.69) is 14.7 Å². The summed E-state index contributed by atoms with van der Waals surface area (Å²) in [7, 11) is -2.89. The maximum atomic E-state index is 11.5. The van der Waals surface area contributed by atoms with E-state index in [1.807, 2.05) is 0 Å². The summed E-state index contributed by atoms with van der Waals surface area (Å²) in [5.74, 6) is 0.522. The third-order valence-corrected chi connectivity index (χ3v) is 5.35. The molecule has 6 nitrogen and oxygen atoms in total. The summed E-state index contributed by atoms with van der Waals surface area (Å²) in [4.78, 5) is 3.90. The predicted molar refractivity (Wildman–Crippen MR) is 59.6 cm³/mol. The van der Waals surface area contributed by atoms with Gasteiger partial charge in [-0.15, -0.1) is 0 Å². The van der Waals surface area contributed by atoms with Gasteiger partial charge in [0, 0.05) is 18.1 Å². The average molecular weight is 248 g/mol. The Morgan fingerprint density at radius 1 is 1.60 bits per heavy atom. The number of nitrogen functional groups attached to an aromatic ring is 1. The van der Waals surface area contributed by atoms with Crippen molar-refractivity contribution in [1.29, 1.82) is 0 Å². The van der Waals surface area contributed by atoms with E-state index in [1.165, 1.54) is 0 Å². The van der Waals surface area contributed by atoms with Gasteiger partial charge in [-0.3, -0.25) is 0 Å². The second kappa shape index (κ2) is 3.93. The highest BCUT2D eigenvalue weighted by Gasteiger charge is 2.30. The molecule has 1 aliphatic heterocycles. The van der Waals surface area contributed by atoms with Crippen molar-refractivity contribution in [3.05, 3.63) is 0 Å². The van der Waals surface area contributed by atoms with Gasteiger partial charge in [-0.2, -0.15) is 9.36 Å². The van der Waals surface area contributed by atoms with Crippen LogP contribution in [0.5, 0.6) is 0 Å². The largest absolute Gasteiger partial charge is 0.367 e. The molecule has 1 atom stereocenters. The molecule has 2 heterocycles. The lowest BCUT2D eigenvalue weighted by atomic mass is 10.2. The van der Waals surface area contributed by atoms with Crippen LogP contribution in [0.15, 0.2) is 0 Å². The Labute approximate surface area is 92.0 Å². The third-order valence-electron chi connectivity index (χ3n) is 2.39. The van der Waals surface area contributed by atoms with Crippen molar-refractivity contribution in [2.75, 3.05) is 23.3 Å². The van der Waals surface area contributed by atoms with Crippen molar-refractivity contribution >= 4 is 32.4 Å². The lowest BCUT2D eigenvalue weighted by Gasteiger charge is -2.08. The van der Waals surface area contributed by atoms with Gasteiger partial charge in [0.1, 0.15) is 0 Å². The van der Waals surface area contributed by atoms with Crippen LogP contribution >= 0.6 is 11.5 Å². The number of aromatic nitrogens is 2. The van der Waals surface area contributed by atoms with Crippen molar-refractivity contribution in [2.45, 2.75) is 18.1 Å². The smallest absolute Gasteiger partial charge is 0.233 e. The van der Waals surface area contributed by atoms with Crippen LogP contribution in [-0.4, -0.2) is 35.3 Å². The molecule has 0 aliphatic carbocycles. The van der Waals surface area contributed by atoms with Crippen LogP contribution in [0.3, 0.4) is 0 Å². The first kappa shape index (κ1) is 10.6. The second-order valence-corrected chi connectivity index (χ2v) is 6.62. The fourth-order valence-corrected chi connectivity index (χ4v) is 3.86. The minimum Gasteiger partial charge on any atom is -0.367 e. The summed E-state index contributed by atoms with van der Waals surface area (Å²) in [6, 6.07) is 0. The first-order chi connectivity index (χ1) is 7.08. The molecular formula is C7H12N4O2S2. The lowest BCUT2D eigenvalue weighted by Crippen LogP contribution is -2.24. The summed E-state index contributed by atoms with van der Waals surface area (Å²) in [6.07, 6.45) is 1.48.